The minimum absolute atomic E-state index is 0.0229. The van der Waals surface area contributed by atoms with Crippen LogP contribution in [0.4, 0.5) is 0 Å². The number of fused-ring (bicyclic) bond motifs is 8. The van der Waals surface area contributed by atoms with Crippen molar-refractivity contribution in [3.8, 4) is 34.8 Å². The Balaban J connectivity index is 1.27. The van der Waals surface area contributed by atoms with Crippen molar-refractivity contribution in [2.75, 3.05) is 46.4 Å². The zero-order valence-electron chi connectivity index (χ0n) is 32.3. The molecule has 12 rings (SSSR count). The van der Waals surface area contributed by atoms with E-state index in [9.17, 15) is 15.2 Å². The Hall–Kier alpha value is -4.98. The Morgan fingerprint density at radius 3 is 2.70 bits per heavy atom. The number of phenols is 1. The van der Waals surface area contributed by atoms with E-state index in [4.69, 9.17) is 33.8 Å². The number of likely N-dealkylation sites (N-methyl/N-ethyl adjacent to an activating group) is 1. The molecule has 57 heavy (non-hydrogen) atoms. The number of nitrogens with two attached hydrogens (primary N) is 1. The third-order valence-corrected chi connectivity index (χ3v) is 14.4. The van der Waals surface area contributed by atoms with Crippen molar-refractivity contribution in [1.29, 1.82) is 5.26 Å². The van der Waals surface area contributed by atoms with Gasteiger partial charge in [-0.3, -0.25) is 19.9 Å². The van der Waals surface area contributed by atoms with Gasteiger partial charge in [0.15, 0.2) is 28.5 Å². The summed E-state index contributed by atoms with van der Waals surface area (Å²) >= 11 is 1.49. The molecule has 9 heterocycles. The third kappa shape index (κ3) is 4.85. The van der Waals surface area contributed by atoms with Crippen LogP contribution in [0.25, 0.3) is 11.0 Å². The van der Waals surface area contributed by atoms with E-state index < -0.39 is 46.4 Å². The average Bonchev–Trinajstić information content (AvgIpc) is 3.78. The summed E-state index contributed by atoms with van der Waals surface area (Å²) in [7, 11) is 3.51. The number of nitriles is 1. The lowest BCUT2D eigenvalue weighted by molar-refractivity contribution is -0.159. The van der Waals surface area contributed by atoms with Crippen LogP contribution in [0, 0.1) is 25.2 Å². The predicted molar refractivity (Wildman–Crippen MR) is 208 cm³/mol. The molecule has 0 saturated carbocycles. The SMILES string of the molecule is COc1c(C)cc2c(c1O)[C@@H]1[C@@H]3[C@@H]4SC[C@]5(N[C@@H](CN)Cc6c5oc5ccccc65)C(=O)OCC(c5c6c(c(C)c(OC(C)=O)c54)OCO6)N3C(C#N)(C2)CN1C. The first-order chi connectivity index (χ1) is 27.5. The van der Waals surface area contributed by atoms with E-state index in [2.05, 4.69) is 21.2 Å². The van der Waals surface area contributed by atoms with Crippen molar-refractivity contribution in [2.24, 2.45) is 5.73 Å². The van der Waals surface area contributed by atoms with Gasteiger partial charge in [0.05, 0.1) is 30.5 Å². The normalized spacial score (nSPS) is 30.8. The number of nitrogens with zero attached hydrogens (tertiary/aromatic N) is 3. The fraction of sp³-hybridized carbons (Fsp3) is 0.452. The lowest BCUT2D eigenvalue weighted by Crippen LogP contribution is -2.69. The molecule has 1 spiro atoms. The molecule has 15 heteroatoms. The minimum atomic E-state index is -1.46. The first kappa shape index (κ1) is 36.4. The Morgan fingerprint density at radius 2 is 1.95 bits per heavy atom. The van der Waals surface area contributed by atoms with Crippen molar-refractivity contribution in [3.05, 3.63) is 75.0 Å². The Bertz CT molecular complexity index is 2460. The van der Waals surface area contributed by atoms with Gasteiger partial charge in [0.1, 0.15) is 29.2 Å². The van der Waals surface area contributed by atoms with Crippen molar-refractivity contribution in [2.45, 2.75) is 74.1 Å². The van der Waals surface area contributed by atoms with E-state index in [1.165, 1.54) is 25.8 Å². The fourth-order valence-corrected chi connectivity index (χ4v) is 12.5. The molecule has 14 nitrogen and oxygen atoms in total. The summed E-state index contributed by atoms with van der Waals surface area (Å²) in [6.07, 6.45) is 0.835. The number of furan rings is 1. The van der Waals surface area contributed by atoms with E-state index in [1.54, 1.807) is 0 Å². The number of methoxy groups -OCH3 is 1. The number of piperazine rings is 1. The number of ether oxygens (including phenoxy) is 5. The maximum atomic E-state index is 15.1. The molecule has 2 fully saturated rings. The van der Waals surface area contributed by atoms with Crippen LogP contribution < -0.4 is 30.0 Å². The highest BCUT2D eigenvalue weighted by molar-refractivity contribution is 7.99. The Kier molecular flexibility index (Phi) is 8.14. The van der Waals surface area contributed by atoms with Crippen molar-refractivity contribution in [3.63, 3.8) is 0 Å². The molecule has 4 bridgehead atoms. The van der Waals surface area contributed by atoms with Gasteiger partial charge in [-0.15, -0.1) is 11.8 Å². The first-order valence-electron chi connectivity index (χ1n) is 19.2. The van der Waals surface area contributed by atoms with Crippen LogP contribution in [0.5, 0.6) is 28.7 Å². The summed E-state index contributed by atoms with van der Waals surface area (Å²) in [5, 5.41) is 27.6. The molecule has 0 amide bonds. The second kappa shape index (κ2) is 12.8. The number of phenolic OH excluding ortho intramolecular Hbond substituents is 1. The number of nitrogens with one attached hydrogen (secondary N) is 1. The summed E-state index contributed by atoms with van der Waals surface area (Å²) in [4.78, 5) is 32.4. The van der Waals surface area contributed by atoms with Gasteiger partial charge in [-0.2, -0.15) is 5.26 Å². The van der Waals surface area contributed by atoms with Crippen molar-refractivity contribution >= 4 is 34.7 Å². The molecular weight excluding hydrogens is 751 g/mol. The van der Waals surface area contributed by atoms with E-state index in [1.807, 2.05) is 51.2 Å². The number of carbonyl (C=O) groups is 2. The molecule has 0 aliphatic carbocycles. The number of esters is 2. The minimum Gasteiger partial charge on any atom is -0.504 e. The van der Waals surface area contributed by atoms with Gasteiger partial charge in [-0.05, 0) is 44.5 Å². The van der Waals surface area contributed by atoms with Gasteiger partial charge in [0, 0.05) is 77.5 Å². The molecule has 4 N–H and O–H groups in total. The van der Waals surface area contributed by atoms with Crippen molar-refractivity contribution in [1.82, 2.24) is 15.1 Å². The van der Waals surface area contributed by atoms with E-state index in [0.29, 0.717) is 69.6 Å². The maximum Gasteiger partial charge on any atom is 0.335 e. The topological polar surface area (TPSA) is 182 Å². The molecule has 2 saturated heterocycles. The number of hydrogen-bond donors (Lipinski definition) is 3. The largest absolute Gasteiger partial charge is 0.504 e. The summed E-state index contributed by atoms with van der Waals surface area (Å²) in [5.74, 6) is 1.20. The van der Waals surface area contributed by atoms with E-state index >= 15 is 4.79 Å². The first-order valence-corrected chi connectivity index (χ1v) is 20.2. The number of thioether (sulfide) groups is 1. The third-order valence-electron chi connectivity index (χ3n) is 12.9. The summed E-state index contributed by atoms with van der Waals surface area (Å²) in [5.41, 5.74) is 9.50. The highest BCUT2D eigenvalue weighted by Gasteiger charge is 2.64. The highest BCUT2D eigenvalue weighted by Crippen LogP contribution is 2.65. The predicted octanol–water partition coefficient (Wildman–Crippen LogP) is 4.35. The molecular formula is C42H43N5O9S. The fourth-order valence-electron chi connectivity index (χ4n) is 10.9. The second-order valence-electron chi connectivity index (χ2n) is 16.1. The number of aryl methyl sites for hydroxylation is 1. The van der Waals surface area contributed by atoms with Crippen LogP contribution in [0.15, 0.2) is 34.7 Å². The summed E-state index contributed by atoms with van der Waals surface area (Å²) < 4.78 is 37.5. The lowest BCUT2D eigenvalue weighted by atomic mass is 9.76. The Labute approximate surface area is 333 Å². The summed E-state index contributed by atoms with van der Waals surface area (Å²) in [6.45, 7) is 5.43. The van der Waals surface area contributed by atoms with Crippen LogP contribution >= 0.6 is 11.8 Å². The smallest absolute Gasteiger partial charge is 0.335 e. The standard InChI is InChI=1S/C42H43N5O9S/c1-19-10-22-12-41(15-44)16-46(4)31(28(22)33(49)34(19)51-5)32-38-30-29(37-36(53-18-54-37)20(2)35(30)55-21(3)48)26(47(32)41)14-52-40(50)42(17-57-38)39-25(11-23(13-43)45-42)24-8-6-7-9-27(24)56-39/h6-10,23,26,31-32,38,45,49H,11-14,16-18,43H2,1-5H3/t23-,26?,31-,32-,38-,41?,42-/m1/s1. The maximum absolute atomic E-state index is 15.1. The van der Waals surface area contributed by atoms with Gasteiger partial charge < -0.3 is 38.9 Å². The molecule has 0 radical (unpaired) electrons. The van der Waals surface area contributed by atoms with Crippen LogP contribution in [-0.4, -0.2) is 90.9 Å². The second-order valence-corrected chi connectivity index (χ2v) is 17.2. The molecule has 8 aliphatic heterocycles. The quantitative estimate of drug-likeness (QED) is 0.197. The highest BCUT2D eigenvalue weighted by atomic mass is 32.2. The van der Waals surface area contributed by atoms with Gasteiger partial charge >= 0.3 is 11.9 Å². The van der Waals surface area contributed by atoms with E-state index in [-0.39, 0.29) is 43.9 Å². The van der Waals surface area contributed by atoms with Gasteiger partial charge in [-0.1, -0.05) is 24.3 Å². The average molecular weight is 794 g/mol. The van der Waals surface area contributed by atoms with Gasteiger partial charge in [0.25, 0.3) is 0 Å². The number of aromatic hydroxyl groups is 1. The van der Waals surface area contributed by atoms with Crippen molar-refractivity contribution < 1.29 is 42.8 Å². The molecule has 4 aromatic rings. The van der Waals surface area contributed by atoms with Gasteiger partial charge in [-0.25, -0.2) is 4.79 Å². The number of benzene rings is 3. The van der Waals surface area contributed by atoms with Crippen LogP contribution in [0.3, 0.4) is 0 Å². The molecule has 3 unspecified atom stereocenters. The van der Waals surface area contributed by atoms with Gasteiger partial charge in [0.2, 0.25) is 6.79 Å². The molecule has 8 aliphatic rings. The van der Waals surface area contributed by atoms with Crippen LogP contribution in [0.2, 0.25) is 0 Å². The van der Waals surface area contributed by atoms with Crippen LogP contribution in [-0.2, 0) is 32.7 Å². The van der Waals surface area contributed by atoms with E-state index in [0.717, 1.165) is 22.1 Å². The Morgan fingerprint density at radius 1 is 1.16 bits per heavy atom. The summed E-state index contributed by atoms with van der Waals surface area (Å²) in [6, 6.07) is 10.4. The van der Waals surface area contributed by atoms with Crippen LogP contribution in [0.1, 0.15) is 69.0 Å². The molecule has 1 aromatic heterocycles. The monoisotopic (exact) mass is 793 g/mol. The molecule has 3 aromatic carbocycles. The number of hydrogen-bond acceptors (Lipinski definition) is 15. The number of carbonyl (C=O) groups excluding carboxylic acids is 2. The zero-order chi connectivity index (χ0) is 39.7. The lowest BCUT2D eigenvalue weighted by Gasteiger charge is -2.60. The molecule has 8 atom stereocenters. The zero-order valence-corrected chi connectivity index (χ0v) is 33.1. The number of para-hydroxylation sites is 1. The number of rotatable bonds is 3. The molecule has 296 valence electrons.